The topological polar surface area (TPSA) is 127 Å². The van der Waals surface area contributed by atoms with E-state index in [4.69, 9.17) is 24.9 Å². The number of para-hydroxylation sites is 1. The molecule has 1 saturated carbocycles. The molecule has 2 heterocycles. The van der Waals surface area contributed by atoms with Crippen LogP contribution in [0.2, 0.25) is 0 Å². The summed E-state index contributed by atoms with van der Waals surface area (Å²) < 4.78 is 17.9. The summed E-state index contributed by atoms with van der Waals surface area (Å²) in [5.74, 6) is 1.25. The van der Waals surface area contributed by atoms with Crippen molar-refractivity contribution in [2.45, 2.75) is 76.6 Å². The van der Waals surface area contributed by atoms with Crippen LogP contribution in [0, 0.1) is 11.8 Å². The maximum atomic E-state index is 14.1. The van der Waals surface area contributed by atoms with Crippen LogP contribution in [-0.2, 0) is 32.2 Å². The number of carboxylic acids is 1. The number of carboxylic acid groups (broad SMARTS) is 1. The van der Waals surface area contributed by atoms with E-state index in [-0.39, 0.29) is 23.9 Å². The molecule has 2 fully saturated rings. The summed E-state index contributed by atoms with van der Waals surface area (Å²) >= 11 is 0. The highest BCUT2D eigenvalue weighted by Gasteiger charge is 2.35. The fraction of sp³-hybridized carbons (Fsp3) is 0.462. The second kappa shape index (κ2) is 16.8. The Kier molecular flexibility index (Phi) is 11.8. The van der Waals surface area contributed by atoms with Gasteiger partial charge in [-0.05, 0) is 86.8 Å². The highest BCUT2D eigenvalue weighted by Crippen LogP contribution is 2.36. The lowest BCUT2D eigenvalue weighted by atomic mass is 9.84. The zero-order valence-electron chi connectivity index (χ0n) is 28.1. The first-order chi connectivity index (χ1) is 23.9. The number of guanidine groups is 1. The zero-order valence-corrected chi connectivity index (χ0v) is 28.1. The van der Waals surface area contributed by atoms with Crippen molar-refractivity contribution >= 4 is 23.5 Å². The predicted octanol–water partition coefficient (Wildman–Crippen LogP) is 6.50. The Hall–Kier alpha value is -4.41. The second-order valence-electron chi connectivity index (χ2n) is 13.3. The van der Waals surface area contributed by atoms with Crippen molar-refractivity contribution in [2.75, 3.05) is 26.4 Å². The van der Waals surface area contributed by atoms with E-state index in [9.17, 15) is 14.7 Å². The smallest absolute Gasteiger partial charge is 0.306 e. The number of amides is 1. The third-order valence-corrected chi connectivity index (χ3v) is 10.2. The Balaban J connectivity index is 1.15. The largest absolute Gasteiger partial charge is 0.481 e. The molecule has 0 spiro atoms. The number of carbonyl (C=O) groups excluding carboxylic acids is 1. The molecule has 1 saturated heterocycles. The van der Waals surface area contributed by atoms with Gasteiger partial charge in [-0.25, -0.2) is 4.99 Å². The summed E-state index contributed by atoms with van der Waals surface area (Å²) in [4.78, 5) is 34.7. The van der Waals surface area contributed by atoms with Crippen molar-refractivity contribution in [1.29, 1.82) is 0 Å². The first-order valence-electron chi connectivity index (χ1n) is 17.6. The van der Waals surface area contributed by atoms with Gasteiger partial charge in [0.15, 0.2) is 5.96 Å². The standard InChI is InChI=1S/C39H48N4O6/c40-39-41-35-16-15-34(49-33-9-5-2-6-10-33)25-31(35)26-43(39)36(29-19-22-47-23-20-29)17-18-37(44)42(32-13-11-30(12-14-32)38(45)46)21-24-48-27-28-7-3-1-4-8-28/h1-10,15-16,25,29-30,32,36H,11-14,17-24,26-27H2,(H2,40,41)(H,45,46)/t30-,32+,36-/m0/s1. The molecule has 1 amide bonds. The molecule has 0 aromatic heterocycles. The summed E-state index contributed by atoms with van der Waals surface area (Å²) in [6.07, 6.45) is 5.28. The average Bonchev–Trinajstić information content (AvgIpc) is 3.13. The lowest BCUT2D eigenvalue weighted by Gasteiger charge is -2.42. The highest BCUT2D eigenvalue weighted by molar-refractivity contribution is 5.84. The van der Waals surface area contributed by atoms with Crippen molar-refractivity contribution in [3.8, 4) is 11.5 Å². The quantitative estimate of drug-likeness (QED) is 0.186. The lowest BCUT2D eigenvalue weighted by Crippen LogP contribution is -2.50. The summed E-state index contributed by atoms with van der Waals surface area (Å²) in [6.45, 7) is 3.31. The molecule has 1 aliphatic carbocycles. The molecule has 0 unspecified atom stereocenters. The molecule has 1 atom stereocenters. The molecule has 3 aromatic rings. The minimum absolute atomic E-state index is 0.00138. The van der Waals surface area contributed by atoms with Gasteiger partial charge in [-0.3, -0.25) is 9.59 Å². The number of rotatable bonds is 14. The summed E-state index contributed by atoms with van der Waals surface area (Å²) in [5.41, 5.74) is 9.61. The number of aliphatic imine (C=N–C) groups is 1. The Morgan fingerprint density at radius 1 is 0.939 bits per heavy atom. The van der Waals surface area contributed by atoms with Gasteiger partial charge in [-0.15, -0.1) is 0 Å². The molecule has 3 aromatic carbocycles. The van der Waals surface area contributed by atoms with E-state index in [0.717, 1.165) is 41.2 Å². The third kappa shape index (κ3) is 9.19. The van der Waals surface area contributed by atoms with Crippen LogP contribution in [0.15, 0.2) is 83.9 Å². The number of nitrogens with zero attached hydrogens (tertiary/aromatic N) is 3. The van der Waals surface area contributed by atoms with Gasteiger partial charge in [0.05, 0.1) is 24.8 Å². The van der Waals surface area contributed by atoms with Crippen molar-refractivity contribution in [3.05, 3.63) is 90.0 Å². The monoisotopic (exact) mass is 668 g/mol. The number of benzene rings is 3. The van der Waals surface area contributed by atoms with Crippen LogP contribution in [-0.4, -0.2) is 71.2 Å². The minimum Gasteiger partial charge on any atom is -0.481 e. The SMILES string of the molecule is NC1=Nc2ccc(Oc3ccccc3)cc2CN1[C@@H](CCC(=O)N(CCOCc1ccccc1)[C@H]1CC[C@@H](C(=O)O)CC1)C1CCOCC1. The number of nitrogens with two attached hydrogens (primary N) is 1. The van der Waals surface area contributed by atoms with E-state index in [1.807, 2.05) is 83.8 Å². The fourth-order valence-corrected chi connectivity index (χ4v) is 7.46. The second-order valence-corrected chi connectivity index (χ2v) is 13.3. The normalized spacial score (nSPS) is 20.2. The molecule has 6 rings (SSSR count). The Morgan fingerprint density at radius 3 is 2.37 bits per heavy atom. The maximum absolute atomic E-state index is 14.1. The van der Waals surface area contributed by atoms with Crippen LogP contribution < -0.4 is 10.5 Å². The molecule has 10 heteroatoms. The fourth-order valence-electron chi connectivity index (χ4n) is 7.46. The zero-order chi connectivity index (χ0) is 34.0. The molecule has 0 bridgehead atoms. The molecule has 260 valence electrons. The number of fused-ring (bicyclic) bond motifs is 1. The van der Waals surface area contributed by atoms with Crippen molar-refractivity contribution in [3.63, 3.8) is 0 Å². The van der Waals surface area contributed by atoms with E-state index in [0.29, 0.717) is 89.9 Å². The van der Waals surface area contributed by atoms with Crippen LogP contribution >= 0.6 is 0 Å². The first-order valence-corrected chi connectivity index (χ1v) is 17.6. The number of carbonyl (C=O) groups is 2. The van der Waals surface area contributed by atoms with Crippen molar-refractivity contribution in [1.82, 2.24) is 9.80 Å². The molecule has 0 radical (unpaired) electrons. The minimum atomic E-state index is -0.747. The van der Waals surface area contributed by atoms with Crippen LogP contribution in [0.5, 0.6) is 11.5 Å². The van der Waals surface area contributed by atoms with Gasteiger partial charge in [0, 0.05) is 50.4 Å². The first kappa shape index (κ1) is 34.5. The van der Waals surface area contributed by atoms with E-state index in [2.05, 4.69) is 4.90 Å². The summed E-state index contributed by atoms with van der Waals surface area (Å²) in [5, 5.41) is 9.57. The molecule has 3 aliphatic rings. The number of ether oxygens (including phenoxy) is 3. The maximum Gasteiger partial charge on any atom is 0.306 e. The van der Waals surface area contributed by atoms with E-state index < -0.39 is 5.97 Å². The molecular formula is C39H48N4O6. The Morgan fingerprint density at radius 2 is 1.65 bits per heavy atom. The van der Waals surface area contributed by atoms with E-state index in [1.54, 1.807) is 0 Å². The third-order valence-electron chi connectivity index (χ3n) is 10.2. The Bertz CT molecular complexity index is 1550. The highest BCUT2D eigenvalue weighted by atomic mass is 16.5. The van der Waals surface area contributed by atoms with Gasteiger partial charge in [0.25, 0.3) is 0 Å². The van der Waals surface area contributed by atoms with Gasteiger partial charge in [-0.2, -0.15) is 0 Å². The van der Waals surface area contributed by atoms with Gasteiger partial charge < -0.3 is 34.9 Å². The summed E-state index contributed by atoms with van der Waals surface area (Å²) in [6, 6.07) is 25.6. The van der Waals surface area contributed by atoms with Crippen LogP contribution in [0.4, 0.5) is 5.69 Å². The molecule has 2 aliphatic heterocycles. The van der Waals surface area contributed by atoms with Crippen molar-refractivity contribution in [2.24, 2.45) is 22.6 Å². The van der Waals surface area contributed by atoms with Crippen LogP contribution in [0.1, 0.15) is 62.5 Å². The van der Waals surface area contributed by atoms with Gasteiger partial charge >= 0.3 is 5.97 Å². The number of aliphatic carboxylic acids is 1. The number of hydrogen-bond donors (Lipinski definition) is 2. The van der Waals surface area contributed by atoms with Gasteiger partial charge in [0.1, 0.15) is 11.5 Å². The Labute approximate surface area is 288 Å². The number of hydrogen-bond acceptors (Lipinski definition) is 8. The van der Waals surface area contributed by atoms with E-state index in [1.165, 1.54) is 0 Å². The van der Waals surface area contributed by atoms with Gasteiger partial charge in [-0.1, -0.05) is 48.5 Å². The van der Waals surface area contributed by atoms with Crippen LogP contribution in [0.25, 0.3) is 0 Å². The molecular weight excluding hydrogens is 620 g/mol. The van der Waals surface area contributed by atoms with Gasteiger partial charge in [0.2, 0.25) is 5.91 Å². The average molecular weight is 669 g/mol. The van der Waals surface area contributed by atoms with E-state index >= 15 is 0 Å². The molecule has 3 N–H and O–H groups in total. The molecule has 10 nitrogen and oxygen atoms in total. The molecule has 49 heavy (non-hydrogen) atoms. The van der Waals surface area contributed by atoms with Crippen LogP contribution in [0.3, 0.4) is 0 Å². The lowest BCUT2D eigenvalue weighted by molar-refractivity contribution is -0.143. The summed E-state index contributed by atoms with van der Waals surface area (Å²) in [7, 11) is 0. The predicted molar refractivity (Wildman–Crippen MR) is 188 cm³/mol. The van der Waals surface area contributed by atoms with Crippen molar-refractivity contribution < 1.29 is 28.9 Å².